The molecule has 4 nitrogen and oxygen atoms in total. The summed E-state index contributed by atoms with van der Waals surface area (Å²) < 4.78 is 3.43. The molecule has 0 aromatic carbocycles. The number of rotatable bonds is 2. The van der Waals surface area contributed by atoms with Gasteiger partial charge in [0.25, 0.3) is 0 Å². The van der Waals surface area contributed by atoms with Crippen LogP contribution < -0.4 is 0 Å². The first-order valence-electron chi connectivity index (χ1n) is 1.85. The molecule has 0 aliphatic carbocycles. The molecular weight excluding hydrogens is 158 g/mol. The Balaban J connectivity index is 0. The molecule has 0 aromatic heterocycles. The van der Waals surface area contributed by atoms with Crippen LogP contribution in [0.1, 0.15) is 6.92 Å². The molecule has 0 aliphatic heterocycles. The van der Waals surface area contributed by atoms with Gasteiger partial charge in [-0.15, -0.1) is 0 Å². The summed E-state index contributed by atoms with van der Waals surface area (Å²) in [5.41, 5.74) is 0. The molecule has 49 valence electrons. The van der Waals surface area contributed by atoms with Crippen molar-refractivity contribution in [1.29, 1.82) is 0 Å². The number of hydrogen-bond donors (Lipinski definition) is 1. The van der Waals surface area contributed by atoms with E-state index in [-0.39, 0.29) is 29.6 Å². The molecule has 9 heavy (non-hydrogen) atoms. The molecule has 1 unspecified atom stereocenters. The van der Waals surface area contributed by atoms with E-state index in [9.17, 15) is 4.79 Å². The number of aliphatic hydroxyl groups excluding tert-OH is 1. The average Bonchev–Trinajstić information content (AvgIpc) is 1.67. The van der Waals surface area contributed by atoms with Crippen LogP contribution in [-0.4, -0.2) is 46.7 Å². The van der Waals surface area contributed by atoms with Gasteiger partial charge >= 0.3 is 5.97 Å². The number of hydrogen-bond acceptors (Lipinski definition) is 4. The van der Waals surface area contributed by atoms with Gasteiger partial charge < -0.3 is 5.11 Å². The van der Waals surface area contributed by atoms with Gasteiger partial charge in [-0.05, 0) is 6.92 Å². The van der Waals surface area contributed by atoms with Crippen LogP contribution >= 0.6 is 11.9 Å². The van der Waals surface area contributed by atoms with Crippen molar-refractivity contribution in [3.8, 4) is 0 Å². The van der Waals surface area contributed by atoms with Crippen LogP contribution in [0.3, 0.4) is 0 Å². The zero-order valence-electron chi connectivity index (χ0n) is 5.13. The van der Waals surface area contributed by atoms with Crippen LogP contribution in [0.2, 0.25) is 0 Å². The van der Waals surface area contributed by atoms with E-state index in [1.54, 1.807) is 0 Å². The molecule has 0 fully saturated rings. The van der Waals surface area contributed by atoms with E-state index in [2.05, 4.69) is 21.2 Å². The molecule has 0 aromatic rings. The fraction of sp³-hybridized carbons (Fsp3) is 0.667. The van der Waals surface area contributed by atoms with E-state index in [0.717, 1.165) is 0 Å². The largest absolute Gasteiger partial charge is 0.382 e. The summed E-state index contributed by atoms with van der Waals surface area (Å²) in [6, 6.07) is 0. The average molecular weight is 164 g/mol. The first-order valence-corrected chi connectivity index (χ1v) is 2.16. The number of aliphatic hydroxyl groups is 1. The van der Waals surface area contributed by atoms with Gasteiger partial charge in [-0.25, -0.2) is 4.79 Å². The van der Waals surface area contributed by atoms with Crippen LogP contribution in [0.4, 0.5) is 0 Å². The molecule has 0 aliphatic rings. The smallest absolute Gasteiger partial charge is 0.372 e. The number of carbonyl (C=O) groups excluding carboxylic acids is 1. The van der Waals surface area contributed by atoms with Crippen LogP contribution in [0.25, 0.3) is 0 Å². The van der Waals surface area contributed by atoms with Gasteiger partial charge in [-0.3, -0.25) is 4.89 Å². The molecule has 0 saturated heterocycles. The molecular formula is C3H5ClNaO4. The Morgan fingerprint density at radius 2 is 2.22 bits per heavy atom. The Kier molecular flexibility index (Phi) is 9.34. The SMILES string of the molecule is CC(O)C(=O)OOCl.[Na]. The summed E-state index contributed by atoms with van der Waals surface area (Å²) in [5, 5.41) is 8.34. The Hall–Kier alpha value is 0.680. The van der Waals surface area contributed by atoms with Crippen LogP contribution in [0, 0.1) is 0 Å². The summed E-state index contributed by atoms with van der Waals surface area (Å²) in [6.45, 7) is 1.23. The zero-order chi connectivity index (χ0) is 6.57. The predicted octanol–water partition coefficient (Wildman–Crippen LogP) is -0.385. The third-order valence-electron chi connectivity index (χ3n) is 0.455. The topological polar surface area (TPSA) is 55.8 Å². The molecule has 1 N–H and O–H groups in total. The van der Waals surface area contributed by atoms with E-state index < -0.39 is 12.1 Å². The van der Waals surface area contributed by atoms with Crippen molar-refractivity contribution in [3.63, 3.8) is 0 Å². The monoisotopic (exact) mass is 163 g/mol. The van der Waals surface area contributed by atoms with Gasteiger partial charge in [0.1, 0.15) is 11.9 Å². The van der Waals surface area contributed by atoms with Gasteiger partial charge in [0.05, 0.1) is 0 Å². The van der Waals surface area contributed by atoms with E-state index in [4.69, 9.17) is 5.11 Å². The zero-order valence-corrected chi connectivity index (χ0v) is 7.88. The molecule has 0 amide bonds. The van der Waals surface area contributed by atoms with E-state index in [1.807, 2.05) is 0 Å². The van der Waals surface area contributed by atoms with Crippen LogP contribution in [-0.2, 0) is 14.1 Å². The standard InChI is InChI=1S/C3H5ClO4.Na/c1-2(5)3(6)7-8-4;/h2,5H,1H3;. The maximum absolute atomic E-state index is 10.1. The fourth-order valence-electron chi connectivity index (χ4n) is 0.101. The summed E-state index contributed by atoms with van der Waals surface area (Å²) in [5.74, 6) is -0.917. The van der Waals surface area contributed by atoms with E-state index >= 15 is 0 Å². The number of halogens is 1. The van der Waals surface area contributed by atoms with Crippen molar-refractivity contribution >= 4 is 47.4 Å². The summed E-state index contributed by atoms with van der Waals surface area (Å²) in [6.07, 6.45) is -1.20. The molecule has 0 bridgehead atoms. The van der Waals surface area contributed by atoms with Crippen molar-refractivity contribution in [2.75, 3.05) is 0 Å². The second-order valence-corrected chi connectivity index (χ2v) is 1.27. The maximum Gasteiger partial charge on any atom is 0.372 e. The van der Waals surface area contributed by atoms with Gasteiger partial charge in [0.15, 0.2) is 6.10 Å². The maximum atomic E-state index is 10.1. The third-order valence-corrected chi connectivity index (χ3v) is 0.518. The molecule has 0 heterocycles. The first-order chi connectivity index (χ1) is 3.68. The second kappa shape index (κ2) is 6.80. The van der Waals surface area contributed by atoms with Gasteiger partial charge in [-0.2, -0.15) is 0 Å². The Labute approximate surface area is 79.5 Å². The molecule has 6 heteroatoms. The Morgan fingerprint density at radius 1 is 1.78 bits per heavy atom. The van der Waals surface area contributed by atoms with Crippen LogP contribution in [0.15, 0.2) is 0 Å². The minimum atomic E-state index is -1.20. The quantitative estimate of drug-likeness (QED) is 0.342. The first kappa shape index (κ1) is 12.4. The van der Waals surface area contributed by atoms with Crippen molar-refractivity contribution < 1.29 is 19.2 Å². The second-order valence-electron chi connectivity index (χ2n) is 1.14. The van der Waals surface area contributed by atoms with Gasteiger partial charge in [0.2, 0.25) is 0 Å². The van der Waals surface area contributed by atoms with E-state index in [0.29, 0.717) is 0 Å². The van der Waals surface area contributed by atoms with Crippen molar-refractivity contribution in [2.24, 2.45) is 0 Å². The molecule has 0 rings (SSSR count). The van der Waals surface area contributed by atoms with Crippen molar-refractivity contribution in [2.45, 2.75) is 13.0 Å². The summed E-state index contributed by atoms with van der Waals surface area (Å²) in [4.78, 5) is 13.7. The van der Waals surface area contributed by atoms with Gasteiger partial charge in [-0.1, -0.05) is 4.44 Å². The minimum absolute atomic E-state index is 0. The summed E-state index contributed by atoms with van der Waals surface area (Å²) in [7, 11) is 0. The molecule has 1 radical (unpaired) electrons. The molecule has 0 spiro atoms. The molecule has 0 saturated carbocycles. The predicted molar refractivity (Wildman–Crippen MR) is 30.5 cm³/mol. The van der Waals surface area contributed by atoms with Gasteiger partial charge in [0, 0.05) is 29.6 Å². The number of carbonyl (C=O) groups is 1. The van der Waals surface area contributed by atoms with Crippen molar-refractivity contribution in [3.05, 3.63) is 0 Å². The fourth-order valence-corrected chi connectivity index (χ4v) is 0.163. The minimum Gasteiger partial charge on any atom is -0.382 e. The normalized spacial score (nSPS) is 11.4. The van der Waals surface area contributed by atoms with Crippen LogP contribution in [0.5, 0.6) is 0 Å². The molecule has 1 atom stereocenters. The Morgan fingerprint density at radius 3 is 2.33 bits per heavy atom. The van der Waals surface area contributed by atoms with E-state index in [1.165, 1.54) is 6.92 Å². The summed E-state index contributed by atoms with van der Waals surface area (Å²) >= 11 is 4.49. The third kappa shape index (κ3) is 6.57. The Bertz CT molecular complexity index is 85.9. The van der Waals surface area contributed by atoms with Crippen molar-refractivity contribution in [1.82, 2.24) is 0 Å².